The Morgan fingerprint density at radius 3 is 2.71 bits per heavy atom. The lowest BCUT2D eigenvalue weighted by molar-refractivity contribution is 0.386. The van der Waals surface area contributed by atoms with Crippen molar-refractivity contribution in [2.45, 2.75) is 6.04 Å². The molecule has 0 spiro atoms. The van der Waals surface area contributed by atoms with Crippen LogP contribution in [-0.2, 0) is 0 Å². The van der Waals surface area contributed by atoms with Crippen molar-refractivity contribution in [3.05, 3.63) is 65.7 Å². The van der Waals surface area contributed by atoms with Crippen LogP contribution in [0, 0.1) is 5.82 Å². The summed E-state index contributed by atoms with van der Waals surface area (Å²) >= 11 is 0. The van der Waals surface area contributed by atoms with Gasteiger partial charge in [-0.1, -0.05) is 24.3 Å². The van der Waals surface area contributed by atoms with E-state index in [0.717, 1.165) is 22.1 Å². The molecular formula is C17H16FNO2. The zero-order valence-electron chi connectivity index (χ0n) is 11.9. The van der Waals surface area contributed by atoms with Crippen molar-refractivity contribution in [1.82, 2.24) is 5.32 Å². The maximum absolute atomic E-state index is 13.9. The molecule has 3 aromatic rings. The standard InChI is InChI=1S/C17H16FNO2/c1-19-17(11-7-8-16(20-2)14(18)9-11)13-10-21-15-6-4-3-5-12(13)15/h3-10,17,19H,1-2H3. The summed E-state index contributed by atoms with van der Waals surface area (Å²) in [5, 5.41) is 4.23. The van der Waals surface area contributed by atoms with E-state index in [-0.39, 0.29) is 17.6 Å². The highest BCUT2D eigenvalue weighted by atomic mass is 19.1. The van der Waals surface area contributed by atoms with Gasteiger partial charge in [-0.25, -0.2) is 4.39 Å². The van der Waals surface area contributed by atoms with Gasteiger partial charge < -0.3 is 14.5 Å². The number of nitrogens with one attached hydrogen (secondary N) is 1. The molecule has 0 aliphatic carbocycles. The number of hydrogen-bond donors (Lipinski definition) is 1. The molecule has 2 aromatic carbocycles. The smallest absolute Gasteiger partial charge is 0.165 e. The second kappa shape index (κ2) is 5.58. The summed E-state index contributed by atoms with van der Waals surface area (Å²) in [7, 11) is 3.30. The first-order chi connectivity index (χ1) is 10.2. The maximum atomic E-state index is 13.9. The normalized spacial score (nSPS) is 12.5. The Kier molecular flexibility index (Phi) is 3.62. The summed E-state index contributed by atoms with van der Waals surface area (Å²) in [5.74, 6) is -0.131. The van der Waals surface area contributed by atoms with Crippen LogP contribution < -0.4 is 10.1 Å². The summed E-state index contributed by atoms with van der Waals surface area (Å²) in [5.41, 5.74) is 2.63. The Hall–Kier alpha value is -2.33. The molecule has 0 saturated carbocycles. The van der Waals surface area contributed by atoms with E-state index in [4.69, 9.17) is 9.15 Å². The van der Waals surface area contributed by atoms with Crippen molar-refractivity contribution in [3.63, 3.8) is 0 Å². The molecule has 0 radical (unpaired) electrons. The van der Waals surface area contributed by atoms with Crippen LogP contribution in [0.4, 0.5) is 4.39 Å². The van der Waals surface area contributed by atoms with Crippen molar-refractivity contribution < 1.29 is 13.5 Å². The number of rotatable bonds is 4. The predicted octanol–water partition coefficient (Wildman–Crippen LogP) is 3.89. The summed E-state index contributed by atoms with van der Waals surface area (Å²) in [6.45, 7) is 0. The third-order valence-electron chi connectivity index (χ3n) is 3.62. The average molecular weight is 285 g/mol. The first-order valence-electron chi connectivity index (χ1n) is 6.71. The average Bonchev–Trinajstić information content (AvgIpc) is 2.93. The van der Waals surface area contributed by atoms with E-state index in [1.54, 1.807) is 12.3 Å². The van der Waals surface area contributed by atoms with E-state index >= 15 is 0 Å². The van der Waals surface area contributed by atoms with E-state index in [1.165, 1.54) is 13.2 Å². The molecule has 0 amide bonds. The lowest BCUT2D eigenvalue weighted by Gasteiger charge is -2.16. The molecule has 1 atom stereocenters. The SMILES string of the molecule is CNC(c1ccc(OC)c(F)c1)c1coc2ccccc12. The van der Waals surface area contributed by atoms with Crippen LogP contribution in [0.25, 0.3) is 11.0 Å². The van der Waals surface area contributed by atoms with Gasteiger partial charge in [0, 0.05) is 10.9 Å². The van der Waals surface area contributed by atoms with E-state index in [0.29, 0.717) is 0 Å². The molecule has 1 N–H and O–H groups in total. The van der Waals surface area contributed by atoms with Gasteiger partial charge in [0.1, 0.15) is 5.58 Å². The highest BCUT2D eigenvalue weighted by Gasteiger charge is 2.18. The van der Waals surface area contributed by atoms with Gasteiger partial charge in [-0.2, -0.15) is 0 Å². The van der Waals surface area contributed by atoms with Crippen LogP contribution in [0.5, 0.6) is 5.75 Å². The van der Waals surface area contributed by atoms with Crippen molar-refractivity contribution in [2.24, 2.45) is 0 Å². The number of ether oxygens (including phenoxy) is 1. The second-order valence-electron chi connectivity index (χ2n) is 4.80. The van der Waals surface area contributed by atoms with Crippen molar-refractivity contribution in [1.29, 1.82) is 0 Å². The molecule has 1 unspecified atom stereocenters. The fourth-order valence-corrected chi connectivity index (χ4v) is 2.59. The van der Waals surface area contributed by atoms with E-state index in [1.807, 2.05) is 37.4 Å². The number of fused-ring (bicyclic) bond motifs is 1. The largest absolute Gasteiger partial charge is 0.494 e. The Morgan fingerprint density at radius 2 is 2.00 bits per heavy atom. The maximum Gasteiger partial charge on any atom is 0.165 e. The van der Waals surface area contributed by atoms with Gasteiger partial charge in [0.2, 0.25) is 0 Å². The second-order valence-corrected chi connectivity index (χ2v) is 4.80. The van der Waals surface area contributed by atoms with E-state index in [9.17, 15) is 4.39 Å². The van der Waals surface area contributed by atoms with Gasteiger partial charge in [0.25, 0.3) is 0 Å². The molecule has 1 aromatic heterocycles. The Balaban J connectivity index is 2.08. The number of furan rings is 1. The Bertz CT molecular complexity index is 766. The molecule has 0 saturated heterocycles. The van der Waals surface area contributed by atoms with Gasteiger partial charge in [0.05, 0.1) is 19.4 Å². The van der Waals surface area contributed by atoms with Crippen LogP contribution in [0.15, 0.2) is 53.1 Å². The zero-order chi connectivity index (χ0) is 14.8. The summed E-state index contributed by atoms with van der Waals surface area (Å²) in [6, 6.07) is 12.6. The first-order valence-corrected chi connectivity index (χ1v) is 6.71. The topological polar surface area (TPSA) is 34.4 Å². The van der Waals surface area contributed by atoms with Crippen LogP contribution in [0.3, 0.4) is 0 Å². The minimum Gasteiger partial charge on any atom is -0.494 e. The molecule has 1 heterocycles. The quantitative estimate of drug-likeness (QED) is 0.789. The molecule has 0 aliphatic rings. The Morgan fingerprint density at radius 1 is 1.19 bits per heavy atom. The van der Waals surface area contributed by atoms with Crippen molar-refractivity contribution in [3.8, 4) is 5.75 Å². The van der Waals surface area contributed by atoms with Gasteiger partial charge in [0.15, 0.2) is 11.6 Å². The molecule has 3 rings (SSSR count). The van der Waals surface area contributed by atoms with Gasteiger partial charge in [-0.3, -0.25) is 0 Å². The highest BCUT2D eigenvalue weighted by molar-refractivity contribution is 5.81. The van der Waals surface area contributed by atoms with Crippen molar-refractivity contribution in [2.75, 3.05) is 14.2 Å². The van der Waals surface area contributed by atoms with E-state index < -0.39 is 0 Å². The fraction of sp³-hybridized carbons (Fsp3) is 0.176. The fourth-order valence-electron chi connectivity index (χ4n) is 2.59. The number of halogens is 1. The molecule has 0 aliphatic heterocycles. The predicted molar refractivity (Wildman–Crippen MR) is 80.1 cm³/mol. The van der Waals surface area contributed by atoms with Gasteiger partial charge in [-0.05, 0) is 30.8 Å². The molecule has 108 valence electrons. The number of hydrogen-bond acceptors (Lipinski definition) is 3. The zero-order valence-corrected chi connectivity index (χ0v) is 11.9. The lowest BCUT2D eigenvalue weighted by atomic mass is 9.98. The van der Waals surface area contributed by atoms with Crippen LogP contribution >= 0.6 is 0 Å². The first kappa shape index (κ1) is 13.6. The molecule has 4 heteroatoms. The summed E-state index contributed by atoms with van der Waals surface area (Å²) in [6.07, 6.45) is 1.72. The highest BCUT2D eigenvalue weighted by Crippen LogP contribution is 2.31. The molecule has 0 fully saturated rings. The van der Waals surface area contributed by atoms with E-state index in [2.05, 4.69) is 5.32 Å². The molecular weight excluding hydrogens is 269 g/mol. The molecule has 0 bridgehead atoms. The number of benzene rings is 2. The molecule has 3 nitrogen and oxygen atoms in total. The third-order valence-corrected chi connectivity index (χ3v) is 3.62. The minimum atomic E-state index is -0.372. The van der Waals surface area contributed by atoms with Gasteiger partial charge >= 0.3 is 0 Å². The Labute approximate surface area is 122 Å². The summed E-state index contributed by atoms with van der Waals surface area (Å²) in [4.78, 5) is 0. The monoisotopic (exact) mass is 285 g/mol. The van der Waals surface area contributed by atoms with Gasteiger partial charge in [-0.15, -0.1) is 0 Å². The number of para-hydroxylation sites is 1. The van der Waals surface area contributed by atoms with Crippen LogP contribution in [0.2, 0.25) is 0 Å². The number of methoxy groups -OCH3 is 1. The molecule has 21 heavy (non-hydrogen) atoms. The third kappa shape index (κ3) is 2.38. The van der Waals surface area contributed by atoms with Crippen LogP contribution in [0.1, 0.15) is 17.2 Å². The lowest BCUT2D eigenvalue weighted by Crippen LogP contribution is -2.17. The summed E-state index contributed by atoms with van der Waals surface area (Å²) < 4.78 is 24.5. The van der Waals surface area contributed by atoms with Crippen LogP contribution in [-0.4, -0.2) is 14.2 Å². The van der Waals surface area contributed by atoms with Crippen molar-refractivity contribution >= 4 is 11.0 Å². The minimum absolute atomic E-state index is 0.144.